The lowest BCUT2D eigenvalue weighted by Gasteiger charge is -2.21. The predicted octanol–water partition coefficient (Wildman–Crippen LogP) is 5.60. The van der Waals surface area contributed by atoms with Crippen molar-refractivity contribution in [3.05, 3.63) is 81.8 Å². The summed E-state index contributed by atoms with van der Waals surface area (Å²) >= 11 is 3.35. The van der Waals surface area contributed by atoms with Crippen LogP contribution in [0.5, 0.6) is 0 Å². The summed E-state index contributed by atoms with van der Waals surface area (Å²) in [4.78, 5) is 29.8. The summed E-state index contributed by atoms with van der Waals surface area (Å²) in [5.41, 5.74) is 2.12. The van der Waals surface area contributed by atoms with Gasteiger partial charge < -0.3 is 4.98 Å². The molecule has 0 bridgehead atoms. The van der Waals surface area contributed by atoms with Crippen LogP contribution in [0.1, 0.15) is 29.7 Å². The number of benzene rings is 2. The van der Waals surface area contributed by atoms with Crippen molar-refractivity contribution < 1.29 is 0 Å². The smallest absolute Gasteiger partial charge is 0.259 e. The maximum absolute atomic E-state index is 12.8. The Balaban J connectivity index is 1.31. The second kappa shape index (κ2) is 7.67. The standard InChI is InChI=1S/C24H20N4OS2/c29-22-16-13-20(15-7-2-1-3-8-15)31-23(16)27-21(26-22)14-28-12-6-10-18(28)24-25-17-9-4-5-11-19(17)30-24/h1-5,7-9,11,13,18H,6,10,12,14H2,(H,26,27,29). The van der Waals surface area contributed by atoms with Gasteiger partial charge in [0.1, 0.15) is 15.7 Å². The number of aromatic amines is 1. The van der Waals surface area contributed by atoms with Crippen molar-refractivity contribution >= 4 is 43.1 Å². The van der Waals surface area contributed by atoms with Gasteiger partial charge in [0.05, 0.1) is 28.2 Å². The van der Waals surface area contributed by atoms with E-state index in [4.69, 9.17) is 9.97 Å². The van der Waals surface area contributed by atoms with Crippen LogP contribution in [0.3, 0.4) is 0 Å². The third kappa shape index (κ3) is 3.48. The highest BCUT2D eigenvalue weighted by Gasteiger charge is 2.29. The van der Waals surface area contributed by atoms with Crippen molar-refractivity contribution in [2.45, 2.75) is 25.4 Å². The van der Waals surface area contributed by atoms with E-state index in [-0.39, 0.29) is 11.6 Å². The molecule has 0 spiro atoms. The quantitative estimate of drug-likeness (QED) is 0.392. The monoisotopic (exact) mass is 444 g/mol. The van der Waals surface area contributed by atoms with Gasteiger partial charge in [-0.15, -0.1) is 22.7 Å². The van der Waals surface area contributed by atoms with Crippen LogP contribution in [0, 0.1) is 0 Å². The highest BCUT2D eigenvalue weighted by Crippen LogP contribution is 2.37. The molecule has 7 heteroatoms. The predicted molar refractivity (Wildman–Crippen MR) is 128 cm³/mol. The van der Waals surface area contributed by atoms with E-state index in [1.54, 1.807) is 22.7 Å². The molecule has 31 heavy (non-hydrogen) atoms. The largest absolute Gasteiger partial charge is 0.309 e. The van der Waals surface area contributed by atoms with E-state index < -0.39 is 0 Å². The number of nitrogens with zero attached hydrogens (tertiary/aromatic N) is 3. The zero-order chi connectivity index (χ0) is 20.8. The van der Waals surface area contributed by atoms with Gasteiger partial charge in [-0.05, 0) is 43.1 Å². The number of thiophene rings is 1. The summed E-state index contributed by atoms with van der Waals surface area (Å²) in [5, 5.41) is 1.82. The molecule has 1 aliphatic heterocycles. The van der Waals surface area contributed by atoms with Gasteiger partial charge in [-0.3, -0.25) is 9.69 Å². The first-order valence-electron chi connectivity index (χ1n) is 10.4. The topological polar surface area (TPSA) is 61.9 Å². The maximum atomic E-state index is 12.8. The third-order valence-corrected chi connectivity index (χ3v) is 8.04. The maximum Gasteiger partial charge on any atom is 0.259 e. The van der Waals surface area contributed by atoms with Gasteiger partial charge in [0, 0.05) is 4.88 Å². The number of aromatic nitrogens is 3. The molecule has 6 rings (SSSR count). The molecule has 4 heterocycles. The highest BCUT2D eigenvalue weighted by atomic mass is 32.1. The van der Waals surface area contributed by atoms with E-state index >= 15 is 0 Å². The van der Waals surface area contributed by atoms with Crippen molar-refractivity contribution in [2.24, 2.45) is 0 Å². The molecule has 1 saturated heterocycles. The van der Waals surface area contributed by atoms with Crippen LogP contribution >= 0.6 is 22.7 Å². The summed E-state index contributed by atoms with van der Waals surface area (Å²) in [6, 6.07) is 20.7. The summed E-state index contributed by atoms with van der Waals surface area (Å²) < 4.78 is 1.23. The molecule has 1 fully saturated rings. The summed E-state index contributed by atoms with van der Waals surface area (Å²) in [7, 11) is 0. The highest BCUT2D eigenvalue weighted by molar-refractivity contribution is 7.21. The molecule has 0 saturated carbocycles. The lowest BCUT2D eigenvalue weighted by Crippen LogP contribution is -2.25. The van der Waals surface area contributed by atoms with Gasteiger partial charge in [0.25, 0.3) is 5.56 Å². The summed E-state index contributed by atoms with van der Waals surface area (Å²) in [6.07, 6.45) is 2.22. The number of nitrogens with one attached hydrogen (secondary N) is 1. The van der Waals surface area contributed by atoms with Crippen LogP contribution in [0.25, 0.3) is 30.9 Å². The molecular formula is C24H20N4OS2. The molecular weight excluding hydrogens is 424 g/mol. The minimum absolute atomic E-state index is 0.0610. The number of fused-ring (bicyclic) bond motifs is 2. The first-order valence-corrected chi connectivity index (χ1v) is 12.1. The Morgan fingerprint density at radius 3 is 2.74 bits per heavy atom. The van der Waals surface area contributed by atoms with Gasteiger partial charge in [-0.25, -0.2) is 9.97 Å². The Labute approximate surface area is 187 Å². The molecule has 1 aliphatic rings. The van der Waals surface area contributed by atoms with Gasteiger partial charge in [0.2, 0.25) is 0 Å². The van der Waals surface area contributed by atoms with Gasteiger partial charge >= 0.3 is 0 Å². The molecule has 1 unspecified atom stereocenters. The molecule has 2 aromatic carbocycles. The molecule has 5 aromatic rings. The van der Waals surface area contributed by atoms with Crippen LogP contribution in [-0.2, 0) is 6.54 Å². The SMILES string of the molecule is O=c1[nH]c(CN2CCCC2c2nc3ccccc3s2)nc2sc(-c3ccccc3)cc12. The molecule has 5 nitrogen and oxygen atoms in total. The van der Waals surface area contributed by atoms with Crippen molar-refractivity contribution in [1.82, 2.24) is 19.9 Å². The fourth-order valence-corrected chi connectivity index (χ4v) is 6.51. The van der Waals surface area contributed by atoms with Crippen LogP contribution in [0.15, 0.2) is 65.5 Å². The Hall–Kier alpha value is -2.87. The second-order valence-corrected chi connectivity index (χ2v) is 9.95. The molecule has 0 aliphatic carbocycles. The molecule has 3 aromatic heterocycles. The fraction of sp³-hybridized carbons (Fsp3) is 0.208. The van der Waals surface area contributed by atoms with Crippen molar-refractivity contribution in [3.63, 3.8) is 0 Å². The number of para-hydroxylation sites is 1. The molecule has 154 valence electrons. The minimum atomic E-state index is -0.0610. The summed E-state index contributed by atoms with van der Waals surface area (Å²) in [6.45, 7) is 1.62. The Kier molecular flexibility index (Phi) is 4.67. The Bertz CT molecular complexity index is 1400. The number of hydrogen-bond donors (Lipinski definition) is 1. The van der Waals surface area contributed by atoms with Gasteiger partial charge in [-0.1, -0.05) is 42.5 Å². The van der Waals surface area contributed by atoms with Crippen molar-refractivity contribution in [3.8, 4) is 10.4 Å². The fourth-order valence-electron chi connectivity index (χ4n) is 4.32. The van der Waals surface area contributed by atoms with E-state index in [9.17, 15) is 4.79 Å². The number of likely N-dealkylation sites (tertiary alicyclic amines) is 1. The average Bonchev–Trinajstić information content (AvgIpc) is 3.52. The molecule has 0 amide bonds. The van der Waals surface area contributed by atoms with Crippen molar-refractivity contribution in [1.29, 1.82) is 0 Å². The number of rotatable bonds is 4. The van der Waals surface area contributed by atoms with E-state index in [1.807, 2.05) is 30.3 Å². The van der Waals surface area contributed by atoms with E-state index in [0.29, 0.717) is 11.9 Å². The van der Waals surface area contributed by atoms with Gasteiger partial charge in [-0.2, -0.15) is 0 Å². The van der Waals surface area contributed by atoms with Crippen LogP contribution in [0.4, 0.5) is 0 Å². The number of thiazole rings is 1. The normalized spacial score (nSPS) is 17.1. The first kappa shape index (κ1) is 18.9. The zero-order valence-electron chi connectivity index (χ0n) is 16.7. The van der Waals surface area contributed by atoms with Crippen LogP contribution in [-0.4, -0.2) is 26.4 Å². The number of hydrogen-bond acceptors (Lipinski definition) is 6. The van der Waals surface area contributed by atoms with Gasteiger partial charge in [0.15, 0.2) is 0 Å². The lowest BCUT2D eigenvalue weighted by atomic mass is 10.2. The molecule has 0 radical (unpaired) electrons. The third-order valence-electron chi connectivity index (χ3n) is 5.82. The van der Waals surface area contributed by atoms with E-state index in [0.717, 1.165) is 51.0 Å². The molecule has 1 atom stereocenters. The number of H-pyrrole nitrogens is 1. The minimum Gasteiger partial charge on any atom is -0.309 e. The second-order valence-electron chi connectivity index (χ2n) is 7.86. The van der Waals surface area contributed by atoms with Crippen molar-refractivity contribution in [2.75, 3.05) is 6.54 Å². The average molecular weight is 445 g/mol. The Morgan fingerprint density at radius 1 is 1.03 bits per heavy atom. The van der Waals surface area contributed by atoms with E-state index in [1.165, 1.54) is 4.70 Å². The lowest BCUT2D eigenvalue weighted by molar-refractivity contribution is 0.242. The zero-order valence-corrected chi connectivity index (χ0v) is 18.4. The Morgan fingerprint density at radius 2 is 1.87 bits per heavy atom. The van der Waals surface area contributed by atoms with Crippen LogP contribution in [0.2, 0.25) is 0 Å². The van der Waals surface area contributed by atoms with Crippen LogP contribution < -0.4 is 5.56 Å². The molecule has 1 N–H and O–H groups in total. The first-order chi connectivity index (χ1) is 15.2. The van der Waals surface area contributed by atoms with E-state index in [2.05, 4.69) is 40.2 Å². The summed E-state index contributed by atoms with van der Waals surface area (Å²) in [5.74, 6) is 0.729.